The van der Waals surface area contributed by atoms with E-state index >= 15 is 0 Å². The molecule has 222 valence electrons. The van der Waals surface area contributed by atoms with Crippen molar-refractivity contribution < 1.29 is 13.8 Å². The van der Waals surface area contributed by atoms with Gasteiger partial charge in [0.2, 0.25) is 11.8 Å². The van der Waals surface area contributed by atoms with Gasteiger partial charge in [-0.2, -0.15) is 0 Å². The molecule has 1 N–H and O–H groups in total. The van der Waals surface area contributed by atoms with E-state index in [0.29, 0.717) is 6.42 Å². The van der Waals surface area contributed by atoms with Gasteiger partial charge in [-0.05, 0) is 56.1 Å². The molecule has 1 atom stereocenters. The highest BCUT2D eigenvalue weighted by Crippen LogP contribution is 2.28. The molecule has 0 saturated carbocycles. The zero-order chi connectivity index (χ0) is 30.1. The van der Waals surface area contributed by atoms with Crippen LogP contribution in [-0.4, -0.2) is 21.8 Å². The number of amides is 2. The van der Waals surface area contributed by atoms with Gasteiger partial charge in [0, 0.05) is 17.2 Å². The molecule has 0 aliphatic heterocycles. The highest BCUT2D eigenvalue weighted by molar-refractivity contribution is 7.86. The molecule has 0 aliphatic rings. The van der Waals surface area contributed by atoms with Crippen molar-refractivity contribution in [3.05, 3.63) is 145 Å². The van der Waals surface area contributed by atoms with Crippen LogP contribution in [0.5, 0.6) is 0 Å². The van der Waals surface area contributed by atoms with E-state index in [1.54, 1.807) is 0 Å². The van der Waals surface area contributed by atoms with Crippen LogP contribution in [0.15, 0.2) is 134 Å². The summed E-state index contributed by atoms with van der Waals surface area (Å²) in [4.78, 5) is 24.7. The van der Waals surface area contributed by atoms with Gasteiger partial charge in [0.05, 0.1) is 5.25 Å². The van der Waals surface area contributed by atoms with Gasteiger partial charge in [0.1, 0.15) is 5.75 Å². The molecule has 0 fully saturated rings. The molecule has 42 heavy (non-hydrogen) atoms. The van der Waals surface area contributed by atoms with Gasteiger partial charge in [-0.15, -0.1) is 0 Å². The highest BCUT2D eigenvalue weighted by Gasteiger charge is 2.23. The predicted molar refractivity (Wildman–Crippen MR) is 178 cm³/mol. The van der Waals surface area contributed by atoms with Crippen LogP contribution < -0.4 is 5.32 Å². The van der Waals surface area contributed by atoms with E-state index in [9.17, 15) is 13.8 Å². The molecule has 2 aromatic carbocycles. The molecular formula is C37H45NO3S. The Morgan fingerprint density at radius 3 is 1.45 bits per heavy atom. The fraction of sp³-hybridized carbons (Fsp3) is 0.297. The molecule has 2 rings (SSSR count). The van der Waals surface area contributed by atoms with Crippen molar-refractivity contribution >= 4 is 22.6 Å². The van der Waals surface area contributed by atoms with Crippen LogP contribution in [0.2, 0.25) is 0 Å². The van der Waals surface area contributed by atoms with Gasteiger partial charge in [-0.1, -0.05) is 140 Å². The lowest BCUT2D eigenvalue weighted by atomic mass is 10.0. The molecular weight excluding hydrogens is 538 g/mol. The molecule has 2 aromatic rings. The molecule has 0 spiro atoms. The van der Waals surface area contributed by atoms with Crippen molar-refractivity contribution in [3.8, 4) is 0 Å². The number of hydrogen-bond donors (Lipinski definition) is 1. The maximum atomic E-state index is 13.2. The monoisotopic (exact) mass is 583 g/mol. The summed E-state index contributed by atoms with van der Waals surface area (Å²) in [5, 5.41) is 1.95. The smallest absolute Gasteiger partial charge is 0.239 e. The van der Waals surface area contributed by atoms with E-state index in [-0.39, 0.29) is 18.1 Å². The van der Waals surface area contributed by atoms with E-state index in [4.69, 9.17) is 0 Å². The lowest BCUT2D eigenvalue weighted by Crippen LogP contribution is -2.34. The van der Waals surface area contributed by atoms with Crippen molar-refractivity contribution in [2.24, 2.45) is 0 Å². The van der Waals surface area contributed by atoms with Gasteiger partial charge < -0.3 is 0 Å². The summed E-state index contributed by atoms with van der Waals surface area (Å²) >= 11 is 0. The quantitative estimate of drug-likeness (QED) is 0.168. The van der Waals surface area contributed by atoms with Crippen LogP contribution in [0.3, 0.4) is 0 Å². The average molecular weight is 584 g/mol. The number of allylic oxidation sites excluding steroid dienone is 12. The topological polar surface area (TPSA) is 63.2 Å². The largest absolute Gasteiger partial charge is 0.296 e. The Bertz CT molecular complexity index is 1200. The van der Waals surface area contributed by atoms with Gasteiger partial charge in [0.25, 0.3) is 0 Å². The molecule has 0 aliphatic carbocycles. The molecule has 4 nitrogen and oxygen atoms in total. The molecule has 0 bridgehead atoms. The average Bonchev–Trinajstić information content (AvgIpc) is 2.99. The number of nitrogens with one attached hydrogen (secondary N) is 1. The lowest BCUT2D eigenvalue weighted by Gasteiger charge is -2.17. The maximum Gasteiger partial charge on any atom is 0.239 e. The summed E-state index contributed by atoms with van der Waals surface area (Å²) in [7, 11) is -1.52. The second kappa shape index (κ2) is 22.8. The standard InChI is InChI=1S/C37H45NO3S/c1-2-3-4-5-6-7-8-9-10-11-12-13-14-15-16-17-18-19-26-31-35(39)38-36(40)32-42(41)37(33-27-22-20-23-28-33)34-29-24-21-25-30-34/h3-4,6-7,9-10,12-13,15-16,18-25,27-30,37H,2,5,8,11,14,17,26,31-32H2,1H3,(H,38,39,40)/b4-3-,7-6-,10-9-,13-12-,16-15-,19-18-. The summed E-state index contributed by atoms with van der Waals surface area (Å²) in [6, 6.07) is 19.0. The summed E-state index contributed by atoms with van der Waals surface area (Å²) in [5.74, 6) is -1.11. The maximum absolute atomic E-state index is 13.2. The molecule has 0 radical (unpaired) electrons. The van der Waals surface area contributed by atoms with Crippen molar-refractivity contribution in [2.75, 3.05) is 5.75 Å². The third kappa shape index (κ3) is 15.8. The normalized spacial score (nSPS) is 13.1. The predicted octanol–water partition coefficient (Wildman–Crippen LogP) is 8.65. The number of carbonyl (C=O) groups is 2. The van der Waals surface area contributed by atoms with Crippen molar-refractivity contribution in [1.82, 2.24) is 5.32 Å². The highest BCUT2D eigenvalue weighted by atomic mass is 32.2. The van der Waals surface area contributed by atoms with E-state index in [2.05, 4.69) is 73.0 Å². The fourth-order valence-corrected chi connectivity index (χ4v) is 5.49. The Morgan fingerprint density at radius 1 is 0.619 bits per heavy atom. The van der Waals surface area contributed by atoms with Gasteiger partial charge in [-0.3, -0.25) is 19.1 Å². The van der Waals surface area contributed by atoms with Gasteiger partial charge in [0.15, 0.2) is 0 Å². The van der Waals surface area contributed by atoms with Crippen molar-refractivity contribution in [3.63, 3.8) is 0 Å². The molecule has 1 unspecified atom stereocenters. The second-order valence-corrected chi connectivity index (χ2v) is 11.2. The van der Waals surface area contributed by atoms with Crippen molar-refractivity contribution in [2.45, 2.75) is 63.5 Å². The Labute approximate surface area is 255 Å². The number of benzene rings is 2. The zero-order valence-corrected chi connectivity index (χ0v) is 25.6. The number of imide groups is 1. The fourth-order valence-electron chi connectivity index (χ4n) is 4.07. The van der Waals surface area contributed by atoms with Crippen LogP contribution in [0.4, 0.5) is 0 Å². The molecule has 0 heterocycles. The first kappa shape index (κ1) is 34.4. The first-order valence-electron chi connectivity index (χ1n) is 14.8. The minimum absolute atomic E-state index is 0.210. The van der Waals surface area contributed by atoms with E-state index in [0.717, 1.165) is 49.7 Å². The van der Waals surface area contributed by atoms with Crippen molar-refractivity contribution in [1.29, 1.82) is 0 Å². The minimum Gasteiger partial charge on any atom is -0.296 e. The molecule has 5 heteroatoms. The van der Waals surface area contributed by atoms with Gasteiger partial charge in [-0.25, -0.2) is 0 Å². The van der Waals surface area contributed by atoms with Crippen LogP contribution in [0, 0.1) is 0 Å². The SMILES string of the molecule is CC/C=C\C/C=C\C/C=C\C/C=C\C/C=C\C/C=C\CCC(=O)NC(=O)CS(=O)C(c1ccccc1)c1ccccc1. The second-order valence-electron chi connectivity index (χ2n) is 9.65. The van der Waals surface area contributed by atoms with E-state index in [1.165, 1.54) is 0 Å². The summed E-state index contributed by atoms with van der Waals surface area (Å²) in [6.45, 7) is 2.14. The summed E-state index contributed by atoms with van der Waals surface area (Å²) < 4.78 is 13.2. The summed E-state index contributed by atoms with van der Waals surface area (Å²) in [6.07, 6.45) is 32.1. The van der Waals surface area contributed by atoms with E-state index in [1.807, 2.05) is 72.8 Å². The Balaban J connectivity index is 1.60. The first-order chi connectivity index (χ1) is 20.6. The van der Waals surface area contributed by atoms with E-state index < -0.39 is 22.0 Å². The summed E-state index contributed by atoms with van der Waals surface area (Å²) in [5.41, 5.74) is 1.75. The third-order valence-electron chi connectivity index (χ3n) is 6.15. The Morgan fingerprint density at radius 2 is 1.02 bits per heavy atom. The van der Waals surface area contributed by atoms with Crippen LogP contribution in [0.25, 0.3) is 0 Å². The zero-order valence-electron chi connectivity index (χ0n) is 24.8. The first-order valence-corrected chi connectivity index (χ1v) is 16.2. The Hall–Kier alpha value is -3.83. The molecule has 0 saturated heterocycles. The molecule has 2 amide bonds. The minimum atomic E-state index is -1.52. The number of rotatable bonds is 19. The number of hydrogen-bond acceptors (Lipinski definition) is 3. The van der Waals surface area contributed by atoms with Crippen LogP contribution in [0.1, 0.15) is 74.7 Å². The van der Waals surface area contributed by atoms with Crippen LogP contribution in [-0.2, 0) is 20.4 Å². The lowest BCUT2D eigenvalue weighted by molar-refractivity contribution is -0.129. The Kier molecular flexibility index (Phi) is 18.7. The van der Waals surface area contributed by atoms with Crippen LogP contribution >= 0.6 is 0 Å². The molecule has 0 aromatic heterocycles. The van der Waals surface area contributed by atoms with Gasteiger partial charge >= 0.3 is 0 Å². The third-order valence-corrected chi connectivity index (χ3v) is 7.77. The number of carbonyl (C=O) groups excluding carboxylic acids is 2.